The number of aromatic amines is 1. The predicted octanol–water partition coefficient (Wildman–Crippen LogP) is 1.28. The number of β-amino-alcohol motifs (C(OH)–C–C–N with tert-alkyl or cyclic N) is 1. The number of carbonyl (C=O) groups is 1. The molecule has 2 N–H and O–H groups in total. The van der Waals surface area contributed by atoms with Crippen molar-refractivity contribution in [3.8, 4) is 0 Å². The van der Waals surface area contributed by atoms with Crippen molar-refractivity contribution in [2.45, 2.75) is 51.6 Å². The van der Waals surface area contributed by atoms with Gasteiger partial charge in [-0.05, 0) is 37.6 Å². The van der Waals surface area contributed by atoms with Gasteiger partial charge in [0.15, 0.2) is 0 Å². The first kappa shape index (κ1) is 17.4. The quantitative estimate of drug-likeness (QED) is 0.792. The molecule has 7 nitrogen and oxygen atoms in total. The van der Waals surface area contributed by atoms with Crippen LogP contribution in [0.2, 0.25) is 0 Å². The summed E-state index contributed by atoms with van der Waals surface area (Å²) < 4.78 is 0. The van der Waals surface area contributed by atoms with E-state index in [0.29, 0.717) is 5.82 Å². The van der Waals surface area contributed by atoms with E-state index < -0.39 is 0 Å². The molecule has 1 aromatic heterocycles. The molecule has 24 heavy (non-hydrogen) atoms. The summed E-state index contributed by atoms with van der Waals surface area (Å²) in [5.74, 6) is 0.245. The molecule has 1 unspecified atom stereocenters. The van der Waals surface area contributed by atoms with Crippen molar-refractivity contribution in [3.63, 3.8) is 0 Å². The molecule has 3 rings (SSSR count). The fraction of sp³-hybridized carbons (Fsp3) is 0.824. The highest BCUT2D eigenvalue weighted by atomic mass is 16.3. The Hall–Kier alpha value is -1.47. The van der Waals surface area contributed by atoms with Crippen LogP contribution >= 0.6 is 0 Å². The van der Waals surface area contributed by atoms with E-state index in [1.165, 1.54) is 25.6 Å². The lowest BCUT2D eigenvalue weighted by molar-refractivity contribution is -0.0379. The molecule has 3 heterocycles. The average Bonchev–Trinajstić information content (AvgIpc) is 3.09. The number of aliphatic hydroxyl groups excluding tert-OH is 1. The summed E-state index contributed by atoms with van der Waals surface area (Å²) in [6.45, 7) is 6.61. The molecule has 7 heteroatoms. The summed E-state index contributed by atoms with van der Waals surface area (Å²) in [6, 6.07) is 0. The van der Waals surface area contributed by atoms with Gasteiger partial charge < -0.3 is 14.9 Å². The molecule has 134 valence electrons. The third-order valence-corrected chi connectivity index (χ3v) is 5.50. The number of piperidine rings is 2. The molecule has 1 amide bonds. The van der Waals surface area contributed by atoms with Crippen LogP contribution in [0.3, 0.4) is 0 Å². The lowest BCUT2D eigenvalue weighted by atomic mass is 9.71. The first-order valence-corrected chi connectivity index (χ1v) is 9.17. The van der Waals surface area contributed by atoms with E-state index in [1.54, 1.807) is 0 Å². The zero-order valence-electron chi connectivity index (χ0n) is 14.6. The average molecular weight is 335 g/mol. The maximum atomic E-state index is 12.4. The van der Waals surface area contributed by atoms with Crippen LogP contribution in [-0.4, -0.2) is 74.8 Å². The number of unbranched alkanes of at least 4 members (excludes halogenated alkanes) is 2. The van der Waals surface area contributed by atoms with Gasteiger partial charge in [-0.25, -0.2) is 4.98 Å². The van der Waals surface area contributed by atoms with E-state index in [9.17, 15) is 9.90 Å². The molecule has 2 aliphatic heterocycles. The Bertz CT molecular complexity index is 525. The zero-order valence-corrected chi connectivity index (χ0v) is 14.6. The van der Waals surface area contributed by atoms with Gasteiger partial charge in [-0.15, -0.1) is 0 Å². The van der Waals surface area contributed by atoms with Crippen molar-refractivity contribution in [1.82, 2.24) is 25.0 Å². The highest BCUT2D eigenvalue weighted by Crippen LogP contribution is 2.40. The first-order chi connectivity index (χ1) is 11.6. The van der Waals surface area contributed by atoms with Crippen molar-refractivity contribution in [2.24, 2.45) is 5.41 Å². The van der Waals surface area contributed by atoms with Gasteiger partial charge in [0.2, 0.25) is 5.82 Å². The number of H-pyrrole nitrogens is 1. The fourth-order valence-corrected chi connectivity index (χ4v) is 4.23. The van der Waals surface area contributed by atoms with Crippen molar-refractivity contribution in [3.05, 3.63) is 12.2 Å². The van der Waals surface area contributed by atoms with Crippen molar-refractivity contribution >= 4 is 5.91 Å². The number of amides is 1. The smallest absolute Gasteiger partial charge is 0.291 e. The molecule has 0 aromatic carbocycles. The van der Waals surface area contributed by atoms with Gasteiger partial charge in [-0.1, -0.05) is 19.8 Å². The molecular weight excluding hydrogens is 306 g/mol. The molecule has 1 spiro atoms. The third-order valence-electron chi connectivity index (χ3n) is 5.50. The van der Waals surface area contributed by atoms with Crippen LogP contribution in [0, 0.1) is 5.41 Å². The molecule has 2 saturated heterocycles. The van der Waals surface area contributed by atoms with E-state index in [1.807, 2.05) is 4.90 Å². The highest BCUT2D eigenvalue weighted by molar-refractivity contribution is 5.90. The maximum Gasteiger partial charge on any atom is 0.291 e. The number of hydrogen-bond donors (Lipinski definition) is 2. The summed E-state index contributed by atoms with van der Waals surface area (Å²) in [7, 11) is 0. The monoisotopic (exact) mass is 335 g/mol. The second-order valence-corrected chi connectivity index (χ2v) is 7.43. The Morgan fingerprint density at radius 3 is 2.88 bits per heavy atom. The van der Waals surface area contributed by atoms with Gasteiger partial charge in [0, 0.05) is 26.2 Å². The van der Waals surface area contributed by atoms with Crippen LogP contribution < -0.4 is 0 Å². The molecule has 2 fully saturated rings. The number of hydrogen-bond acceptors (Lipinski definition) is 5. The minimum absolute atomic E-state index is 0.0708. The highest BCUT2D eigenvalue weighted by Gasteiger charge is 2.42. The summed E-state index contributed by atoms with van der Waals surface area (Å²) in [5, 5.41) is 16.7. The number of rotatable bonds is 5. The molecule has 0 radical (unpaired) electrons. The second-order valence-electron chi connectivity index (χ2n) is 7.43. The minimum Gasteiger partial charge on any atom is -0.392 e. The minimum atomic E-state index is -0.239. The number of likely N-dealkylation sites (tertiary alicyclic amines) is 2. The molecule has 0 aliphatic carbocycles. The SMILES string of the molecule is CCCCCN1CC(O)CC2(CCN(C(=O)c3ncn[nH]3)CC2)C1. The first-order valence-electron chi connectivity index (χ1n) is 9.17. The molecular formula is C17H29N5O2. The summed E-state index contributed by atoms with van der Waals surface area (Å²) in [6.07, 6.45) is 7.57. The number of nitrogens with one attached hydrogen (secondary N) is 1. The fourth-order valence-electron chi connectivity index (χ4n) is 4.23. The van der Waals surface area contributed by atoms with Crippen molar-refractivity contribution in [2.75, 3.05) is 32.7 Å². The van der Waals surface area contributed by atoms with Gasteiger partial charge in [-0.2, -0.15) is 5.10 Å². The standard InChI is InChI=1S/C17H29N5O2/c1-2-3-4-7-21-11-14(23)10-17(12-21)5-8-22(9-6-17)16(24)15-18-13-19-20-15/h13-14,23H,2-12H2,1H3,(H,18,19,20). The number of aromatic nitrogens is 3. The van der Waals surface area contributed by atoms with Gasteiger partial charge >= 0.3 is 0 Å². The van der Waals surface area contributed by atoms with Crippen LogP contribution in [0.25, 0.3) is 0 Å². The number of nitrogens with zero attached hydrogens (tertiary/aromatic N) is 4. The third kappa shape index (κ3) is 3.95. The zero-order chi connectivity index (χ0) is 17.0. The van der Waals surface area contributed by atoms with Crippen LogP contribution in [0.1, 0.15) is 56.1 Å². The Morgan fingerprint density at radius 1 is 1.42 bits per heavy atom. The Morgan fingerprint density at radius 2 is 2.21 bits per heavy atom. The lowest BCUT2D eigenvalue weighted by Gasteiger charge is -2.49. The molecule has 2 aliphatic rings. The maximum absolute atomic E-state index is 12.4. The van der Waals surface area contributed by atoms with E-state index in [0.717, 1.165) is 52.0 Å². The Labute approximate surface area is 143 Å². The van der Waals surface area contributed by atoms with Crippen molar-refractivity contribution in [1.29, 1.82) is 0 Å². The van der Waals surface area contributed by atoms with E-state index in [-0.39, 0.29) is 17.4 Å². The predicted molar refractivity (Wildman–Crippen MR) is 90.5 cm³/mol. The van der Waals surface area contributed by atoms with Crippen LogP contribution in [0.15, 0.2) is 6.33 Å². The summed E-state index contributed by atoms with van der Waals surface area (Å²) in [5.41, 5.74) is 0.155. The Kier molecular flexibility index (Phi) is 5.50. The van der Waals surface area contributed by atoms with Gasteiger partial charge in [0.05, 0.1) is 6.10 Å². The molecule has 1 atom stereocenters. The topological polar surface area (TPSA) is 85.3 Å². The molecule has 1 aromatic rings. The summed E-state index contributed by atoms with van der Waals surface area (Å²) in [4.78, 5) is 20.6. The normalized spacial score (nSPS) is 24.4. The largest absolute Gasteiger partial charge is 0.392 e. The Balaban J connectivity index is 1.56. The second kappa shape index (κ2) is 7.61. The van der Waals surface area contributed by atoms with Crippen LogP contribution in [-0.2, 0) is 0 Å². The number of aliphatic hydroxyl groups is 1. The van der Waals surface area contributed by atoms with Gasteiger partial charge in [-0.3, -0.25) is 9.89 Å². The van der Waals surface area contributed by atoms with Crippen molar-refractivity contribution < 1.29 is 9.90 Å². The molecule has 0 saturated carbocycles. The van der Waals surface area contributed by atoms with E-state index in [4.69, 9.17) is 0 Å². The number of carbonyl (C=O) groups excluding carboxylic acids is 1. The van der Waals surface area contributed by atoms with Crippen LogP contribution in [0.4, 0.5) is 0 Å². The van der Waals surface area contributed by atoms with Gasteiger partial charge in [0.1, 0.15) is 6.33 Å². The van der Waals surface area contributed by atoms with E-state index in [2.05, 4.69) is 27.0 Å². The van der Waals surface area contributed by atoms with Crippen LogP contribution in [0.5, 0.6) is 0 Å². The summed E-state index contributed by atoms with van der Waals surface area (Å²) >= 11 is 0. The van der Waals surface area contributed by atoms with E-state index >= 15 is 0 Å². The lowest BCUT2D eigenvalue weighted by Crippen LogP contribution is -2.54. The van der Waals surface area contributed by atoms with Gasteiger partial charge in [0.25, 0.3) is 5.91 Å². The molecule has 0 bridgehead atoms.